The first-order valence-corrected chi connectivity index (χ1v) is 8.22. The van der Waals surface area contributed by atoms with Gasteiger partial charge in [-0.05, 0) is 6.07 Å². The molecule has 3 atom stereocenters. The normalized spacial score (nSPS) is 25.2. The van der Waals surface area contributed by atoms with E-state index >= 15 is 0 Å². The fraction of sp³-hybridized carbons (Fsp3) is 0.500. The SMILES string of the molecule is Cn1nccc1C(=O)NC[C@@H]1CO[C@@H]2CN(c3ncc(F)cn3)C[C@H]12. The summed E-state index contributed by atoms with van der Waals surface area (Å²) in [4.78, 5) is 22.3. The molecule has 0 spiro atoms. The highest BCUT2D eigenvalue weighted by Gasteiger charge is 2.44. The van der Waals surface area contributed by atoms with E-state index in [1.165, 1.54) is 12.4 Å². The third-order valence-electron chi connectivity index (χ3n) is 4.91. The first kappa shape index (κ1) is 15.9. The van der Waals surface area contributed by atoms with Crippen molar-refractivity contribution in [3.05, 3.63) is 36.2 Å². The van der Waals surface area contributed by atoms with Gasteiger partial charge in [-0.15, -0.1) is 0 Å². The predicted molar refractivity (Wildman–Crippen MR) is 86.5 cm³/mol. The van der Waals surface area contributed by atoms with Gasteiger partial charge in [-0.25, -0.2) is 14.4 Å². The van der Waals surface area contributed by atoms with Gasteiger partial charge in [0.05, 0.1) is 25.1 Å². The van der Waals surface area contributed by atoms with Gasteiger partial charge in [-0.1, -0.05) is 0 Å². The molecule has 2 aliphatic rings. The van der Waals surface area contributed by atoms with Crippen LogP contribution in [0.2, 0.25) is 0 Å². The molecule has 132 valence electrons. The molecule has 1 N–H and O–H groups in total. The third kappa shape index (κ3) is 3.07. The second kappa shape index (κ2) is 6.40. The van der Waals surface area contributed by atoms with Crippen molar-refractivity contribution in [2.45, 2.75) is 6.10 Å². The van der Waals surface area contributed by atoms with Crippen molar-refractivity contribution in [2.75, 3.05) is 31.1 Å². The van der Waals surface area contributed by atoms with Crippen LogP contribution < -0.4 is 10.2 Å². The van der Waals surface area contributed by atoms with Crippen LogP contribution in [0.5, 0.6) is 0 Å². The van der Waals surface area contributed by atoms with Crippen molar-refractivity contribution in [2.24, 2.45) is 18.9 Å². The second-order valence-electron chi connectivity index (χ2n) is 6.45. The molecule has 0 aliphatic carbocycles. The lowest BCUT2D eigenvalue weighted by Crippen LogP contribution is -2.35. The molecule has 2 fully saturated rings. The van der Waals surface area contributed by atoms with Crippen molar-refractivity contribution in [3.8, 4) is 0 Å². The number of carbonyl (C=O) groups is 1. The highest BCUT2D eigenvalue weighted by atomic mass is 19.1. The molecule has 4 rings (SSSR count). The fourth-order valence-corrected chi connectivity index (χ4v) is 3.55. The van der Waals surface area contributed by atoms with Crippen molar-refractivity contribution < 1.29 is 13.9 Å². The van der Waals surface area contributed by atoms with E-state index < -0.39 is 5.82 Å². The van der Waals surface area contributed by atoms with Gasteiger partial charge in [0.2, 0.25) is 5.95 Å². The standard InChI is InChI=1S/C16H19FN6O2/c1-22-13(2-3-21-22)15(24)18-4-10-9-25-14-8-23(7-12(10)14)16-19-5-11(17)6-20-16/h2-3,5-6,10,12,14H,4,7-9H2,1H3,(H,18,24)/t10-,12-,14-/m1/s1. The van der Waals surface area contributed by atoms with Crippen LogP contribution in [0.4, 0.5) is 10.3 Å². The van der Waals surface area contributed by atoms with E-state index in [-0.39, 0.29) is 17.9 Å². The largest absolute Gasteiger partial charge is 0.376 e. The number of rotatable bonds is 4. The number of amides is 1. The van der Waals surface area contributed by atoms with E-state index in [1.807, 2.05) is 4.90 Å². The molecule has 2 saturated heterocycles. The quantitative estimate of drug-likeness (QED) is 0.853. The summed E-state index contributed by atoms with van der Waals surface area (Å²) in [7, 11) is 1.74. The van der Waals surface area contributed by atoms with Gasteiger partial charge in [0, 0.05) is 44.7 Å². The van der Waals surface area contributed by atoms with E-state index in [0.717, 1.165) is 6.54 Å². The minimum absolute atomic E-state index is 0.0901. The molecule has 2 aromatic heterocycles. The Kier molecular flexibility index (Phi) is 4.08. The molecule has 2 aromatic rings. The fourth-order valence-electron chi connectivity index (χ4n) is 3.55. The minimum Gasteiger partial charge on any atom is -0.376 e. The lowest BCUT2D eigenvalue weighted by atomic mass is 9.93. The smallest absolute Gasteiger partial charge is 0.269 e. The summed E-state index contributed by atoms with van der Waals surface area (Å²) < 4.78 is 20.4. The molecule has 0 radical (unpaired) electrons. The average molecular weight is 346 g/mol. The lowest BCUT2D eigenvalue weighted by molar-refractivity contribution is 0.0930. The number of nitrogens with one attached hydrogen (secondary N) is 1. The van der Waals surface area contributed by atoms with Crippen molar-refractivity contribution in [1.82, 2.24) is 25.1 Å². The molecule has 4 heterocycles. The Morgan fingerprint density at radius 1 is 1.40 bits per heavy atom. The number of aryl methyl sites for hydroxylation is 1. The number of carbonyl (C=O) groups excluding carboxylic acids is 1. The maximum atomic E-state index is 13.0. The molecule has 0 bridgehead atoms. The first-order valence-electron chi connectivity index (χ1n) is 8.22. The van der Waals surface area contributed by atoms with Gasteiger partial charge in [0.25, 0.3) is 5.91 Å². The number of nitrogens with zero attached hydrogens (tertiary/aromatic N) is 5. The third-order valence-corrected chi connectivity index (χ3v) is 4.91. The molecule has 1 amide bonds. The van der Waals surface area contributed by atoms with Gasteiger partial charge < -0.3 is 15.0 Å². The van der Waals surface area contributed by atoms with Gasteiger partial charge >= 0.3 is 0 Å². The highest BCUT2D eigenvalue weighted by molar-refractivity contribution is 5.92. The van der Waals surface area contributed by atoms with Crippen molar-refractivity contribution in [1.29, 1.82) is 0 Å². The van der Waals surface area contributed by atoms with Crippen LogP contribution in [-0.4, -0.2) is 58.0 Å². The Balaban J connectivity index is 1.36. The Morgan fingerprint density at radius 3 is 2.92 bits per heavy atom. The van der Waals surface area contributed by atoms with Gasteiger partial charge in [-0.3, -0.25) is 9.48 Å². The summed E-state index contributed by atoms with van der Waals surface area (Å²) >= 11 is 0. The number of anilines is 1. The van der Waals surface area contributed by atoms with Crippen LogP contribution in [0.3, 0.4) is 0 Å². The maximum Gasteiger partial charge on any atom is 0.269 e. The Labute approximate surface area is 144 Å². The van der Waals surface area contributed by atoms with Crippen molar-refractivity contribution >= 4 is 11.9 Å². The van der Waals surface area contributed by atoms with Gasteiger partial charge in [0.15, 0.2) is 5.82 Å². The number of halogens is 1. The number of fused-ring (bicyclic) bond motifs is 1. The van der Waals surface area contributed by atoms with Crippen LogP contribution in [0.15, 0.2) is 24.7 Å². The summed E-state index contributed by atoms with van der Waals surface area (Å²) in [5.41, 5.74) is 0.531. The predicted octanol–water partition coefficient (Wildman–Crippen LogP) is 0.230. The Morgan fingerprint density at radius 2 is 2.20 bits per heavy atom. The van der Waals surface area contributed by atoms with Crippen LogP contribution in [-0.2, 0) is 11.8 Å². The minimum atomic E-state index is -0.449. The maximum absolute atomic E-state index is 13.0. The average Bonchev–Trinajstić information content (AvgIpc) is 3.29. The van der Waals surface area contributed by atoms with Crippen LogP contribution in [0.25, 0.3) is 0 Å². The molecule has 0 saturated carbocycles. The van der Waals surface area contributed by atoms with Gasteiger partial charge in [0.1, 0.15) is 5.69 Å². The first-order chi connectivity index (χ1) is 12.1. The van der Waals surface area contributed by atoms with E-state index in [4.69, 9.17) is 4.74 Å². The summed E-state index contributed by atoms with van der Waals surface area (Å²) in [6, 6.07) is 1.69. The molecular weight excluding hydrogens is 327 g/mol. The van der Waals surface area contributed by atoms with E-state index in [1.54, 1.807) is 24.0 Å². The monoisotopic (exact) mass is 346 g/mol. The zero-order valence-electron chi connectivity index (χ0n) is 13.8. The molecular formula is C16H19FN6O2. The summed E-state index contributed by atoms with van der Waals surface area (Å²) in [6.07, 6.45) is 4.03. The Hall–Kier alpha value is -2.55. The summed E-state index contributed by atoms with van der Waals surface area (Å²) in [5, 5.41) is 6.97. The molecule has 8 nitrogen and oxygen atoms in total. The van der Waals surface area contributed by atoms with E-state index in [9.17, 15) is 9.18 Å². The van der Waals surface area contributed by atoms with Crippen LogP contribution in [0, 0.1) is 17.7 Å². The molecule has 9 heteroatoms. The van der Waals surface area contributed by atoms with E-state index in [0.29, 0.717) is 37.3 Å². The summed E-state index contributed by atoms with van der Waals surface area (Å²) in [5.74, 6) is 0.445. The number of aromatic nitrogens is 4. The highest BCUT2D eigenvalue weighted by Crippen LogP contribution is 2.34. The van der Waals surface area contributed by atoms with Crippen LogP contribution >= 0.6 is 0 Å². The number of hydrogen-bond acceptors (Lipinski definition) is 6. The Bertz CT molecular complexity index is 764. The number of hydrogen-bond donors (Lipinski definition) is 1. The lowest BCUT2D eigenvalue weighted by Gasteiger charge is -2.20. The summed E-state index contributed by atoms with van der Waals surface area (Å²) in [6.45, 7) is 2.59. The second-order valence-corrected chi connectivity index (χ2v) is 6.45. The van der Waals surface area contributed by atoms with Gasteiger partial charge in [-0.2, -0.15) is 5.10 Å². The van der Waals surface area contributed by atoms with Crippen LogP contribution in [0.1, 0.15) is 10.5 Å². The van der Waals surface area contributed by atoms with E-state index in [2.05, 4.69) is 20.4 Å². The zero-order valence-corrected chi connectivity index (χ0v) is 13.8. The number of ether oxygens (including phenoxy) is 1. The molecule has 2 aliphatic heterocycles. The van der Waals surface area contributed by atoms with Crippen molar-refractivity contribution in [3.63, 3.8) is 0 Å². The zero-order chi connectivity index (χ0) is 17.4. The molecule has 0 unspecified atom stereocenters. The molecule has 25 heavy (non-hydrogen) atoms. The topological polar surface area (TPSA) is 85.2 Å². The molecule has 0 aromatic carbocycles.